The first-order chi connectivity index (χ1) is 13.4. The smallest absolute Gasteiger partial charge is 0.226 e. The second-order valence-electron chi connectivity index (χ2n) is 7.68. The first-order valence-corrected chi connectivity index (χ1v) is 10.3. The summed E-state index contributed by atoms with van der Waals surface area (Å²) in [7, 11) is 0. The summed E-state index contributed by atoms with van der Waals surface area (Å²) < 4.78 is 5.74. The van der Waals surface area contributed by atoms with Gasteiger partial charge in [-0.3, -0.25) is 4.79 Å². The van der Waals surface area contributed by atoms with Crippen molar-refractivity contribution in [2.45, 2.75) is 39.0 Å². The van der Waals surface area contributed by atoms with Gasteiger partial charge in [0.1, 0.15) is 5.75 Å². The Morgan fingerprint density at radius 3 is 2.46 bits per heavy atom. The third-order valence-electron chi connectivity index (χ3n) is 4.36. The van der Waals surface area contributed by atoms with E-state index in [4.69, 9.17) is 4.74 Å². The standard InChI is InChI=1S/C23H26N2O2S/c1-23(2,3)18-11-13-19(14-12-18)27-15-7-10-21(26)25-22-24-20(16-28-22)17-8-5-4-6-9-17/h4-6,8-9,11-14,16H,7,10,15H2,1-3H3,(H,24,25,26). The maximum absolute atomic E-state index is 12.1. The predicted octanol–water partition coefficient (Wildman–Crippen LogP) is 5.91. The van der Waals surface area contributed by atoms with Crippen LogP contribution in [0.15, 0.2) is 60.0 Å². The summed E-state index contributed by atoms with van der Waals surface area (Å²) in [6, 6.07) is 18.1. The van der Waals surface area contributed by atoms with Crippen LogP contribution in [0.4, 0.5) is 5.13 Å². The van der Waals surface area contributed by atoms with E-state index in [1.54, 1.807) is 0 Å². The Balaban J connectivity index is 1.41. The van der Waals surface area contributed by atoms with E-state index in [1.165, 1.54) is 16.9 Å². The van der Waals surface area contributed by atoms with Gasteiger partial charge in [-0.2, -0.15) is 0 Å². The van der Waals surface area contributed by atoms with Crippen LogP contribution in [0, 0.1) is 0 Å². The largest absolute Gasteiger partial charge is 0.494 e. The molecule has 0 aliphatic carbocycles. The van der Waals surface area contributed by atoms with Crippen LogP contribution in [0.3, 0.4) is 0 Å². The molecule has 4 nitrogen and oxygen atoms in total. The lowest BCUT2D eigenvalue weighted by atomic mass is 9.87. The molecule has 1 amide bonds. The van der Waals surface area contributed by atoms with Gasteiger partial charge in [0.15, 0.2) is 5.13 Å². The zero-order valence-electron chi connectivity index (χ0n) is 16.6. The molecule has 2 aromatic carbocycles. The predicted molar refractivity (Wildman–Crippen MR) is 116 cm³/mol. The summed E-state index contributed by atoms with van der Waals surface area (Å²) in [6.45, 7) is 7.07. The molecule has 28 heavy (non-hydrogen) atoms. The molecule has 0 bridgehead atoms. The second kappa shape index (κ2) is 9.02. The fraction of sp³-hybridized carbons (Fsp3) is 0.304. The molecule has 0 unspecified atom stereocenters. The number of nitrogens with zero attached hydrogens (tertiary/aromatic N) is 1. The number of anilines is 1. The molecule has 0 atom stereocenters. The van der Waals surface area contributed by atoms with Crippen molar-refractivity contribution in [3.63, 3.8) is 0 Å². The maximum Gasteiger partial charge on any atom is 0.226 e. The van der Waals surface area contributed by atoms with Crippen LogP contribution < -0.4 is 10.1 Å². The molecule has 0 saturated heterocycles. The lowest BCUT2D eigenvalue weighted by Gasteiger charge is -2.19. The molecule has 5 heteroatoms. The number of aromatic nitrogens is 1. The molecular weight excluding hydrogens is 368 g/mol. The average Bonchev–Trinajstić information content (AvgIpc) is 3.14. The minimum atomic E-state index is -0.0411. The van der Waals surface area contributed by atoms with Gasteiger partial charge in [-0.25, -0.2) is 4.98 Å². The minimum absolute atomic E-state index is 0.0411. The van der Waals surface area contributed by atoms with Crippen molar-refractivity contribution < 1.29 is 9.53 Å². The highest BCUT2D eigenvalue weighted by molar-refractivity contribution is 7.14. The average molecular weight is 395 g/mol. The first-order valence-electron chi connectivity index (χ1n) is 9.46. The number of carbonyl (C=O) groups is 1. The van der Waals surface area contributed by atoms with Gasteiger partial charge in [-0.15, -0.1) is 11.3 Å². The summed E-state index contributed by atoms with van der Waals surface area (Å²) in [5, 5.41) is 5.45. The van der Waals surface area contributed by atoms with Crippen molar-refractivity contribution in [2.24, 2.45) is 0 Å². The summed E-state index contributed by atoms with van der Waals surface area (Å²) in [6.07, 6.45) is 1.06. The van der Waals surface area contributed by atoms with E-state index in [0.29, 0.717) is 24.6 Å². The molecule has 0 spiro atoms. The Bertz CT molecular complexity index is 896. The van der Waals surface area contributed by atoms with E-state index in [1.807, 2.05) is 47.8 Å². The Labute approximate surface area is 170 Å². The van der Waals surface area contributed by atoms with Gasteiger partial charge in [0.05, 0.1) is 12.3 Å². The maximum atomic E-state index is 12.1. The lowest BCUT2D eigenvalue weighted by Crippen LogP contribution is -2.13. The van der Waals surface area contributed by atoms with E-state index in [2.05, 4.69) is 43.2 Å². The zero-order valence-corrected chi connectivity index (χ0v) is 17.4. The molecule has 1 aromatic heterocycles. The molecule has 146 valence electrons. The quantitative estimate of drug-likeness (QED) is 0.507. The summed E-state index contributed by atoms with van der Waals surface area (Å²) in [5.74, 6) is 0.793. The molecule has 3 rings (SSSR count). The van der Waals surface area contributed by atoms with Gasteiger partial charge in [-0.1, -0.05) is 63.2 Å². The molecule has 0 radical (unpaired) electrons. The van der Waals surface area contributed by atoms with Crippen LogP contribution in [0.1, 0.15) is 39.2 Å². The SMILES string of the molecule is CC(C)(C)c1ccc(OCCCC(=O)Nc2nc(-c3ccccc3)cs2)cc1. The van der Waals surface area contributed by atoms with Crippen molar-refractivity contribution >= 4 is 22.4 Å². The monoisotopic (exact) mass is 394 g/mol. The van der Waals surface area contributed by atoms with Crippen molar-refractivity contribution in [2.75, 3.05) is 11.9 Å². The lowest BCUT2D eigenvalue weighted by molar-refractivity contribution is -0.116. The summed E-state index contributed by atoms with van der Waals surface area (Å²) in [4.78, 5) is 16.6. The van der Waals surface area contributed by atoms with Crippen LogP contribution in [-0.4, -0.2) is 17.5 Å². The number of rotatable bonds is 7. The normalized spacial score (nSPS) is 11.2. The van der Waals surface area contributed by atoms with Gasteiger partial charge in [0.2, 0.25) is 5.91 Å². The van der Waals surface area contributed by atoms with Gasteiger partial charge in [-0.05, 0) is 29.5 Å². The fourth-order valence-corrected chi connectivity index (χ4v) is 3.46. The van der Waals surface area contributed by atoms with Gasteiger partial charge < -0.3 is 10.1 Å². The third kappa shape index (κ3) is 5.67. The Kier molecular flexibility index (Phi) is 6.47. The molecule has 1 N–H and O–H groups in total. The van der Waals surface area contributed by atoms with Gasteiger partial charge >= 0.3 is 0 Å². The van der Waals surface area contributed by atoms with Gasteiger partial charge in [0, 0.05) is 17.4 Å². The van der Waals surface area contributed by atoms with E-state index in [-0.39, 0.29) is 11.3 Å². The van der Waals surface area contributed by atoms with E-state index < -0.39 is 0 Å². The third-order valence-corrected chi connectivity index (χ3v) is 5.12. The molecule has 0 aliphatic rings. The van der Waals surface area contributed by atoms with Crippen molar-refractivity contribution in [1.29, 1.82) is 0 Å². The Morgan fingerprint density at radius 2 is 1.79 bits per heavy atom. The first kappa shape index (κ1) is 20.1. The van der Waals surface area contributed by atoms with Crippen LogP contribution in [0.5, 0.6) is 5.75 Å². The fourth-order valence-electron chi connectivity index (χ4n) is 2.73. The number of amides is 1. The minimum Gasteiger partial charge on any atom is -0.494 e. The number of thiazole rings is 1. The molecular formula is C23H26N2O2S. The number of nitrogens with one attached hydrogen (secondary N) is 1. The van der Waals surface area contributed by atoms with Crippen LogP contribution in [-0.2, 0) is 10.2 Å². The van der Waals surface area contributed by atoms with E-state index >= 15 is 0 Å². The molecule has 3 aromatic rings. The van der Waals surface area contributed by atoms with Crippen molar-refractivity contribution in [3.05, 3.63) is 65.5 Å². The summed E-state index contributed by atoms with van der Waals surface area (Å²) in [5.41, 5.74) is 3.33. The van der Waals surface area contributed by atoms with Gasteiger partial charge in [0.25, 0.3) is 0 Å². The van der Waals surface area contributed by atoms with E-state index in [0.717, 1.165) is 17.0 Å². The van der Waals surface area contributed by atoms with Crippen LogP contribution in [0.2, 0.25) is 0 Å². The summed E-state index contributed by atoms with van der Waals surface area (Å²) >= 11 is 1.44. The zero-order chi connectivity index (χ0) is 20.0. The van der Waals surface area contributed by atoms with E-state index in [9.17, 15) is 4.79 Å². The highest BCUT2D eigenvalue weighted by Gasteiger charge is 2.13. The molecule has 0 saturated carbocycles. The number of carbonyl (C=O) groups excluding carboxylic acids is 1. The number of hydrogen-bond donors (Lipinski definition) is 1. The Hall–Kier alpha value is -2.66. The molecule has 1 heterocycles. The Morgan fingerprint density at radius 1 is 1.07 bits per heavy atom. The number of benzene rings is 2. The number of ether oxygens (including phenoxy) is 1. The topological polar surface area (TPSA) is 51.2 Å². The second-order valence-corrected chi connectivity index (χ2v) is 8.54. The molecule has 0 fully saturated rings. The van der Waals surface area contributed by atoms with Crippen LogP contribution >= 0.6 is 11.3 Å². The molecule has 0 aliphatic heterocycles. The van der Waals surface area contributed by atoms with Crippen molar-refractivity contribution in [1.82, 2.24) is 4.98 Å². The highest BCUT2D eigenvalue weighted by atomic mass is 32.1. The number of hydrogen-bond acceptors (Lipinski definition) is 4. The van der Waals surface area contributed by atoms with Crippen LogP contribution in [0.25, 0.3) is 11.3 Å². The highest BCUT2D eigenvalue weighted by Crippen LogP contribution is 2.25. The van der Waals surface area contributed by atoms with Crippen molar-refractivity contribution in [3.8, 4) is 17.0 Å².